The molecule has 2 heterocycles. The van der Waals surface area contributed by atoms with Crippen molar-refractivity contribution in [1.29, 1.82) is 0 Å². The lowest BCUT2D eigenvalue weighted by molar-refractivity contribution is -0.950. The van der Waals surface area contributed by atoms with Gasteiger partial charge in [-0.25, -0.2) is 0 Å². The lowest BCUT2D eigenvalue weighted by Crippen LogP contribution is -3.15. The van der Waals surface area contributed by atoms with Crippen molar-refractivity contribution in [2.75, 3.05) is 32.8 Å². The van der Waals surface area contributed by atoms with Crippen molar-refractivity contribution < 1.29 is 20.1 Å². The number of aliphatic hydroxyl groups is 1. The number of piperidine rings is 1. The Kier molecular flexibility index (Phi) is 7.50. The van der Waals surface area contributed by atoms with Crippen LogP contribution in [0.25, 0.3) is 0 Å². The first kappa shape index (κ1) is 19.4. The molecule has 1 saturated heterocycles. The standard InChI is InChI=1S/C21H30N2O2S/c1-17-9-11-23(12-10-17)20(21-8-5-13-26-21)15-22-14-18(24)16-25-19-6-3-2-4-7-19/h2-8,13,17-18,20,22,24H,9-12,14-16H2,1H3/p+2/t18-,20+/m0/s1. The lowest BCUT2D eigenvalue weighted by atomic mass is 9.97. The van der Waals surface area contributed by atoms with Crippen LogP contribution in [0.4, 0.5) is 0 Å². The molecule has 4 N–H and O–H groups in total. The minimum atomic E-state index is -0.449. The Hall–Kier alpha value is -1.40. The minimum absolute atomic E-state index is 0.346. The molecule has 0 radical (unpaired) electrons. The van der Waals surface area contributed by atoms with Gasteiger partial charge in [0.2, 0.25) is 0 Å². The molecule has 0 amide bonds. The van der Waals surface area contributed by atoms with Crippen molar-refractivity contribution >= 4 is 11.3 Å². The van der Waals surface area contributed by atoms with Crippen molar-refractivity contribution in [2.24, 2.45) is 5.92 Å². The maximum absolute atomic E-state index is 10.2. The van der Waals surface area contributed by atoms with Gasteiger partial charge in [0, 0.05) is 0 Å². The monoisotopic (exact) mass is 376 g/mol. The van der Waals surface area contributed by atoms with E-state index < -0.39 is 6.10 Å². The maximum atomic E-state index is 10.2. The van der Waals surface area contributed by atoms with Crippen molar-refractivity contribution in [3.05, 3.63) is 52.7 Å². The Morgan fingerprint density at radius 1 is 1.15 bits per heavy atom. The number of thiophene rings is 1. The molecule has 0 unspecified atom stereocenters. The SMILES string of the molecule is CC1CC[NH+]([C@H](C[NH2+]C[C@H](O)COc2ccccc2)c2cccs2)CC1. The molecule has 1 aliphatic heterocycles. The van der Waals surface area contributed by atoms with Crippen LogP contribution in [-0.4, -0.2) is 44.0 Å². The number of benzene rings is 1. The first-order valence-electron chi connectivity index (χ1n) is 9.78. The average molecular weight is 377 g/mol. The van der Waals surface area contributed by atoms with E-state index in [1.165, 1.54) is 30.8 Å². The molecule has 2 aromatic rings. The van der Waals surface area contributed by atoms with Crippen LogP contribution >= 0.6 is 11.3 Å². The second-order valence-corrected chi connectivity index (χ2v) is 8.43. The van der Waals surface area contributed by atoms with E-state index in [2.05, 4.69) is 29.8 Å². The molecule has 26 heavy (non-hydrogen) atoms. The normalized spacial score (nSPS) is 22.7. The molecule has 0 spiro atoms. The summed E-state index contributed by atoms with van der Waals surface area (Å²) in [4.78, 5) is 3.18. The summed E-state index contributed by atoms with van der Waals surface area (Å²) < 4.78 is 5.65. The number of nitrogens with two attached hydrogens (primary N) is 1. The molecular formula is C21H32N2O2S+2. The highest BCUT2D eigenvalue weighted by molar-refractivity contribution is 7.10. The van der Waals surface area contributed by atoms with Gasteiger partial charge in [-0.05, 0) is 42.3 Å². The Labute approximate surface area is 160 Å². The summed E-state index contributed by atoms with van der Waals surface area (Å²) in [5.41, 5.74) is 0. The fourth-order valence-corrected chi connectivity index (χ4v) is 4.59. The summed E-state index contributed by atoms with van der Waals surface area (Å²) in [7, 11) is 0. The molecule has 1 aromatic carbocycles. The third-order valence-corrected chi connectivity index (χ3v) is 6.31. The molecule has 0 bridgehead atoms. The van der Waals surface area contributed by atoms with Crippen LogP contribution in [0.2, 0.25) is 0 Å². The van der Waals surface area contributed by atoms with Gasteiger partial charge in [-0.1, -0.05) is 31.2 Å². The number of hydrogen-bond acceptors (Lipinski definition) is 3. The topological polar surface area (TPSA) is 50.5 Å². The zero-order chi connectivity index (χ0) is 18.2. The zero-order valence-corrected chi connectivity index (χ0v) is 16.5. The number of ether oxygens (including phenoxy) is 1. The number of likely N-dealkylation sites (tertiary alicyclic amines) is 1. The van der Waals surface area contributed by atoms with Crippen molar-refractivity contribution in [2.45, 2.75) is 31.9 Å². The molecule has 2 atom stereocenters. The van der Waals surface area contributed by atoms with E-state index in [9.17, 15) is 5.11 Å². The highest BCUT2D eigenvalue weighted by Crippen LogP contribution is 2.17. The lowest BCUT2D eigenvalue weighted by Gasteiger charge is -2.32. The molecular weight excluding hydrogens is 344 g/mol. The van der Waals surface area contributed by atoms with Crippen LogP contribution in [0.1, 0.15) is 30.7 Å². The quantitative estimate of drug-likeness (QED) is 0.614. The molecule has 4 nitrogen and oxygen atoms in total. The number of rotatable bonds is 9. The summed E-state index contributed by atoms with van der Waals surface area (Å²) in [6.45, 7) is 6.93. The Bertz CT molecular complexity index is 612. The van der Waals surface area contributed by atoms with Crippen LogP contribution in [0.5, 0.6) is 5.75 Å². The van der Waals surface area contributed by atoms with E-state index in [1.807, 2.05) is 41.7 Å². The summed E-state index contributed by atoms with van der Waals surface area (Å²) in [6, 6.07) is 14.7. The predicted octanol–water partition coefficient (Wildman–Crippen LogP) is 1.11. The van der Waals surface area contributed by atoms with Gasteiger partial charge in [0.25, 0.3) is 0 Å². The van der Waals surface area contributed by atoms with Gasteiger partial charge in [0.1, 0.15) is 31.5 Å². The van der Waals surface area contributed by atoms with E-state index >= 15 is 0 Å². The first-order chi connectivity index (χ1) is 12.7. The van der Waals surface area contributed by atoms with Gasteiger partial charge in [-0.2, -0.15) is 0 Å². The number of para-hydroxylation sites is 1. The van der Waals surface area contributed by atoms with Crippen molar-refractivity contribution in [3.8, 4) is 5.75 Å². The van der Waals surface area contributed by atoms with Gasteiger partial charge >= 0.3 is 0 Å². The number of quaternary nitrogens is 2. The zero-order valence-electron chi connectivity index (χ0n) is 15.6. The van der Waals surface area contributed by atoms with Gasteiger partial charge in [0.15, 0.2) is 6.04 Å². The second kappa shape index (κ2) is 10.1. The smallest absolute Gasteiger partial charge is 0.172 e. The average Bonchev–Trinajstić information content (AvgIpc) is 3.20. The summed E-state index contributed by atoms with van der Waals surface area (Å²) in [5, 5.41) is 14.7. The van der Waals surface area contributed by atoms with Crippen LogP contribution < -0.4 is 15.0 Å². The van der Waals surface area contributed by atoms with Gasteiger partial charge in [0.05, 0.1) is 18.0 Å². The predicted molar refractivity (Wildman–Crippen MR) is 106 cm³/mol. The molecule has 0 saturated carbocycles. The second-order valence-electron chi connectivity index (χ2n) is 7.45. The number of aliphatic hydroxyl groups excluding tert-OH is 1. The summed E-state index contributed by atoms with van der Waals surface area (Å²) >= 11 is 1.86. The highest BCUT2D eigenvalue weighted by Gasteiger charge is 2.30. The summed E-state index contributed by atoms with van der Waals surface area (Å²) in [5.74, 6) is 1.68. The van der Waals surface area contributed by atoms with E-state index in [0.717, 1.165) is 18.2 Å². The van der Waals surface area contributed by atoms with Crippen LogP contribution in [0, 0.1) is 5.92 Å². The highest BCUT2D eigenvalue weighted by atomic mass is 32.1. The van der Waals surface area contributed by atoms with Crippen molar-refractivity contribution in [3.63, 3.8) is 0 Å². The molecule has 1 aromatic heterocycles. The van der Waals surface area contributed by atoms with Crippen LogP contribution in [0.15, 0.2) is 47.8 Å². The van der Waals surface area contributed by atoms with Gasteiger partial charge < -0.3 is 20.1 Å². The molecule has 5 heteroatoms. The Morgan fingerprint density at radius 3 is 2.62 bits per heavy atom. The minimum Gasteiger partial charge on any atom is -0.491 e. The third kappa shape index (κ3) is 5.81. The van der Waals surface area contributed by atoms with E-state index in [-0.39, 0.29) is 0 Å². The van der Waals surface area contributed by atoms with Crippen LogP contribution in [-0.2, 0) is 0 Å². The molecule has 0 aliphatic carbocycles. The van der Waals surface area contributed by atoms with E-state index in [0.29, 0.717) is 19.2 Å². The fraction of sp³-hybridized carbons (Fsp3) is 0.524. The van der Waals surface area contributed by atoms with Crippen molar-refractivity contribution in [1.82, 2.24) is 0 Å². The van der Waals surface area contributed by atoms with Gasteiger partial charge in [-0.3, -0.25) is 0 Å². The Balaban J connectivity index is 1.45. The molecule has 3 rings (SSSR count). The van der Waals surface area contributed by atoms with E-state index in [1.54, 1.807) is 4.90 Å². The largest absolute Gasteiger partial charge is 0.491 e. The molecule has 1 fully saturated rings. The maximum Gasteiger partial charge on any atom is 0.172 e. The molecule has 142 valence electrons. The number of hydrogen-bond donors (Lipinski definition) is 3. The Morgan fingerprint density at radius 2 is 1.92 bits per heavy atom. The van der Waals surface area contributed by atoms with Gasteiger partial charge in [-0.15, -0.1) is 11.3 Å². The summed E-state index contributed by atoms with van der Waals surface area (Å²) in [6.07, 6.45) is 2.20. The first-order valence-corrected chi connectivity index (χ1v) is 10.7. The van der Waals surface area contributed by atoms with E-state index in [4.69, 9.17) is 4.74 Å². The van der Waals surface area contributed by atoms with Crippen LogP contribution in [0.3, 0.4) is 0 Å². The third-order valence-electron chi connectivity index (χ3n) is 5.32. The fourth-order valence-electron chi connectivity index (χ4n) is 3.69. The number of nitrogens with one attached hydrogen (secondary N) is 1. The molecule has 1 aliphatic rings.